The Hall–Kier alpha value is -2.23. The van der Waals surface area contributed by atoms with E-state index in [1.165, 1.54) is 5.56 Å². The predicted octanol–water partition coefficient (Wildman–Crippen LogP) is 4.79. The summed E-state index contributed by atoms with van der Waals surface area (Å²) >= 11 is 5.98. The summed E-state index contributed by atoms with van der Waals surface area (Å²) in [5.74, 6) is 2.05. The van der Waals surface area contributed by atoms with E-state index in [1.54, 1.807) is 13.4 Å². The molecule has 0 radical (unpaired) electrons. The van der Waals surface area contributed by atoms with Gasteiger partial charge in [0.2, 0.25) is 0 Å². The number of para-hydroxylation sites is 1. The molecule has 0 saturated carbocycles. The number of furan rings is 1. The summed E-state index contributed by atoms with van der Waals surface area (Å²) in [6.45, 7) is 3.20. The van der Waals surface area contributed by atoms with Gasteiger partial charge in [-0.05, 0) is 37.3 Å². The minimum atomic E-state index is 0.176. The van der Waals surface area contributed by atoms with Crippen LogP contribution in [0.4, 0.5) is 0 Å². The molecule has 0 spiro atoms. The molecule has 4 heteroatoms. The SMILES string of the molecule is COc1ccccc1[C@H](CC[NH2+][C@@H](C)c1ccc(Cl)cc1)c1ccco1. The lowest BCUT2D eigenvalue weighted by atomic mass is 9.92. The summed E-state index contributed by atoms with van der Waals surface area (Å²) < 4.78 is 11.3. The molecule has 136 valence electrons. The quantitative estimate of drug-likeness (QED) is 0.619. The normalized spacial score (nSPS) is 13.3. The van der Waals surface area contributed by atoms with Crippen molar-refractivity contribution in [1.29, 1.82) is 0 Å². The lowest BCUT2D eigenvalue weighted by molar-refractivity contribution is -0.693. The molecule has 0 fully saturated rings. The monoisotopic (exact) mass is 370 g/mol. The molecule has 0 unspecified atom stereocenters. The highest BCUT2D eigenvalue weighted by Gasteiger charge is 2.21. The first-order valence-electron chi connectivity index (χ1n) is 8.94. The Morgan fingerprint density at radius 3 is 2.50 bits per heavy atom. The smallest absolute Gasteiger partial charge is 0.122 e. The number of benzene rings is 2. The van der Waals surface area contributed by atoms with Crippen LogP contribution in [0.15, 0.2) is 71.3 Å². The molecule has 2 N–H and O–H groups in total. The minimum Gasteiger partial charge on any atom is -0.496 e. The maximum absolute atomic E-state index is 5.98. The van der Waals surface area contributed by atoms with Crippen molar-refractivity contribution in [2.24, 2.45) is 0 Å². The average molecular weight is 371 g/mol. The van der Waals surface area contributed by atoms with E-state index >= 15 is 0 Å². The highest BCUT2D eigenvalue weighted by Crippen LogP contribution is 2.34. The van der Waals surface area contributed by atoms with Crippen LogP contribution in [-0.4, -0.2) is 13.7 Å². The van der Waals surface area contributed by atoms with Gasteiger partial charge in [-0.1, -0.05) is 41.9 Å². The van der Waals surface area contributed by atoms with Gasteiger partial charge in [-0.2, -0.15) is 0 Å². The number of methoxy groups -OCH3 is 1. The van der Waals surface area contributed by atoms with Gasteiger partial charge in [0.1, 0.15) is 17.6 Å². The molecule has 0 saturated heterocycles. The fraction of sp³-hybridized carbons (Fsp3) is 0.273. The Morgan fingerprint density at radius 2 is 1.81 bits per heavy atom. The van der Waals surface area contributed by atoms with Gasteiger partial charge < -0.3 is 14.5 Å². The van der Waals surface area contributed by atoms with E-state index in [2.05, 4.69) is 30.4 Å². The molecular formula is C22H25ClNO2+. The van der Waals surface area contributed by atoms with Crippen molar-refractivity contribution in [2.45, 2.75) is 25.3 Å². The second-order valence-electron chi connectivity index (χ2n) is 6.46. The molecule has 0 amide bonds. The number of halogens is 1. The van der Waals surface area contributed by atoms with E-state index in [4.69, 9.17) is 20.8 Å². The van der Waals surface area contributed by atoms with Crippen molar-refractivity contribution >= 4 is 11.6 Å². The van der Waals surface area contributed by atoms with Crippen LogP contribution in [0, 0.1) is 0 Å². The van der Waals surface area contributed by atoms with Gasteiger partial charge in [-0.3, -0.25) is 0 Å². The Balaban J connectivity index is 1.70. The first-order valence-corrected chi connectivity index (χ1v) is 9.32. The second-order valence-corrected chi connectivity index (χ2v) is 6.90. The molecule has 3 rings (SSSR count). The molecule has 3 aromatic rings. The number of hydrogen-bond donors (Lipinski definition) is 1. The molecule has 3 nitrogen and oxygen atoms in total. The van der Waals surface area contributed by atoms with Gasteiger partial charge in [0, 0.05) is 22.6 Å². The Morgan fingerprint density at radius 1 is 1.04 bits per heavy atom. The lowest BCUT2D eigenvalue weighted by Crippen LogP contribution is -2.84. The number of rotatable bonds is 8. The molecule has 0 aliphatic rings. The minimum absolute atomic E-state index is 0.176. The van der Waals surface area contributed by atoms with Gasteiger partial charge in [0.25, 0.3) is 0 Å². The molecule has 0 aliphatic carbocycles. The highest BCUT2D eigenvalue weighted by molar-refractivity contribution is 6.30. The van der Waals surface area contributed by atoms with E-state index in [0.717, 1.165) is 35.1 Å². The third-order valence-corrected chi connectivity index (χ3v) is 5.02. The highest BCUT2D eigenvalue weighted by atomic mass is 35.5. The summed E-state index contributed by atoms with van der Waals surface area (Å²) in [7, 11) is 1.72. The summed E-state index contributed by atoms with van der Waals surface area (Å²) in [5.41, 5.74) is 2.44. The molecule has 0 aliphatic heterocycles. The van der Waals surface area contributed by atoms with Crippen molar-refractivity contribution in [3.63, 3.8) is 0 Å². The first-order chi connectivity index (χ1) is 12.7. The van der Waals surface area contributed by atoms with Crippen LogP contribution in [0.2, 0.25) is 5.02 Å². The maximum Gasteiger partial charge on any atom is 0.122 e. The fourth-order valence-corrected chi connectivity index (χ4v) is 3.44. The molecule has 2 aromatic carbocycles. The number of nitrogens with two attached hydrogens (primary N) is 1. The molecule has 1 aromatic heterocycles. The van der Waals surface area contributed by atoms with Crippen molar-refractivity contribution in [2.75, 3.05) is 13.7 Å². The second kappa shape index (κ2) is 8.93. The van der Waals surface area contributed by atoms with E-state index in [1.807, 2.05) is 42.5 Å². The number of ether oxygens (including phenoxy) is 1. The Bertz CT molecular complexity index is 799. The zero-order valence-electron chi connectivity index (χ0n) is 15.2. The van der Waals surface area contributed by atoms with E-state index < -0.39 is 0 Å². The lowest BCUT2D eigenvalue weighted by Gasteiger charge is -2.19. The van der Waals surface area contributed by atoms with Gasteiger partial charge in [0.15, 0.2) is 0 Å². The van der Waals surface area contributed by atoms with Crippen molar-refractivity contribution in [3.05, 3.63) is 88.8 Å². The predicted molar refractivity (Wildman–Crippen MR) is 105 cm³/mol. The average Bonchev–Trinajstić information content (AvgIpc) is 3.20. The third-order valence-electron chi connectivity index (χ3n) is 4.77. The summed E-state index contributed by atoms with van der Waals surface area (Å²) in [6.07, 6.45) is 2.70. The van der Waals surface area contributed by atoms with Crippen LogP contribution in [0.1, 0.15) is 42.2 Å². The largest absolute Gasteiger partial charge is 0.496 e. The summed E-state index contributed by atoms with van der Waals surface area (Å²) in [4.78, 5) is 0. The van der Waals surface area contributed by atoms with Gasteiger partial charge in [0.05, 0.1) is 25.8 Å². The van der Waals surface area contributed by atoms with E-state index in [0.29, 0.717) is 6.04 Å². The van der Waals surface area contributed by atoms with E-state index in [9.17, 15) is 0 Å². The maximum atomic E-state index is 5.98. The zero-order valence-corrected chi connectivity index (χ0v) is 15.9. The zero-order chi connectivity index (χ0) is 18.4. The number of hydrogen-bond acceptors (Lipinski definition) is 2. The molecular weight excluding hydrogens is 346 g/mol. The Kier molecular flexibility index (Phi) is 6.37. The molecule has 26 heavy (non-hydrogen) atoms. The van der Waals surface area contributed by atoms with Crippen molar-refractivity contribution in [1.82, 2.24) is 0 Å². The van der Waals surface area contributed by atoms with Crippen LogP contribution in [0.5, 0.6) is 5.75 Å². The van der Waals surface area contributed by atoms with Gasteiger partial charge in [-0.15, -0.1) is 0 Å². The van der Waals surface area contributed by atoms with Crippen molar-refractivity contribution in [3.8, 4) is 5.75 Å². The Labute approximate surface area is 159 Å². The van der Waals surface area contributed by atoms with Crippen LogP contribution in [0.3, 0.4) is 0 Å². The topological polar surface area (TPSA) is 39.0 Å². The van der Waals surface area contributed by atoms with Crippen LogP contribution >= 0.6 is 11.6 Å². The van der Waals surface area contributed by atoms with Gasteiger partial charge >= 0.3 is 0 Å². The van der Waals surface area contributed by atoms with Crippen molar-refractivity contribution < 1.29 is 14.5 Å². The van der Waals surface area contributed by atoms with Gasteiger partial charge in [-0.25, -0.2) is 0 Å². The molecule has 0 bridgehead atoms. The molecule has 1 heterocycles. The third kappa shape index (κ3) is 4.48. The van der Waals surface area contributed by atoms with Crippen LogP contribution in [0.25, 0.3) is 0 Å². The fourth-order valence-electron chi connectivity index (χ4n) is 3.31. The van der Waals surface area contributed by atoms with Crippen LogP contribution < -0.4 is 10.1 Å². The summed E-state index contributed by atoms with van der Waals surface area (Å²) in [6, 6.07) is 20.6. The van der Waals surface area contributed by atoms with E-state index in [-0.39, 0.29) is 5.92 Å². The standard InChI is InChI=1S/C22H24ClNO2/c1-16(17-9-11-18(23)12-10-17)24-14-13-20(22-8-5-15-26-22)19-6-3-4-7-21(19)25-2/h3-12,15-16,20,24H,13-14H2,1-2H3/p+1/t16-,20-/m0/s1. The summed E-state index contributed by atoms with van der Waals surface area (Å²) in [5, 5.41) is 3.13. The molecule has 2 atom stereocenters. The first kappa shape index (κ1) is 18.6. The van der Waals surface area contributed by atoms with Crippen LogP contribution in [-0.2, 0) is 0 Å². The number of quaternary nitrogens is 1.